The van der Waals surface area contributed by atoms with Crippen LogP contribution in [0.3, 0.4) is 0 Å². The summed E-state index contributed by atoms with van der Waals surface area (Å²) in [4.78, 5) is 53.7. The molecule has 1 aliphatic rings. The molecule has 10 nitrogen and oxygen atoms in total. The molecule has 3 N–H and O–H groups in total. The molecule has 1 amide bonds. The molecule has 1 atom stereocenters. The van der Waals surface area contributed by atoms with Crippen molar-refractivity contribution in [1.82, 2.24) is 24.8 Å². The highest BCUT2D eigenvalue weighted by Crippen LogP contribution is 2.31. The number of H-pyrrole nitrogens is 2. The first-order chi connectivity index (χ1) is 16.8. The zero-order chi connectivity index (χ0) is 25.0. The maximum absolute atomic E-state index is 12.7. The van der Waals surface area contributed by atoms with Crippen molar-refractivity contribution >= 4 is 28.3 Å². The van der Waals surface area contributed by atoms with Crippen LogP contribution in [0.4, 0.5) is 5.69 Å². The van der Waals surface area contributed by atoms with Crippen LogP contribution in [-0.4, -0.2) is 73.9 Å². The molecule has 0 aromatic carbocycles. The van der Waals surface area contributed by atoms with E-state index in [0.717, 1.165) is 29.6 Å². The van der Waals surface area contributed by atoms with E-state index in [1.54, 1.807) is 37.5 Å². The van der Waals surface area contributed by atoms with Crippen molar-refractivity contribution in [2.45, 2.75) is 51.0 Å². The quantitative estimate of drug-likeness (QED) is 0.316. The van der Waals surface area contributed by atoms with Crippen LogP contribution < -0.4 is 10.6 Å². The van der Waals surface area contributed by atoms with Crippen LogP contribution in [0.15, 0.2) is 35.5 Å². The number of anilines is 1. The summed E-state index contributed by atoms with van der Waals surface area (Å²) in [5.74, 6) is -0.204. The summed E-state index contributed by atoms with van der Waals surface area (Å²) in [5.41, 5.74) is 1.26. The van der Waals surface area contributed by atoms with Crippen molar-refractivity contribution in [3.63, 3.8) is 0 Å². The van der Waals surface area contributed by atoms with Gasteiger partial charge in [-0.2, -0.15) is 0 Å². The Balaban J connectivity index is 1.29. The molecule has 0 bridgehead atoms. The summed E-state index contributed by atoms with van der Waals surface area (Å²) in [6, 6.07) is 3.81. The van der Waals surface area contributed by atoms with Crippen molar-refractivity contribution < 1.29 is 14.7 Å². The number of nitrogens with zero attached hydrogens (tertiary/aromatic N) is 4. The second kappa shape index (κ2) is 10.4. The molecular weight excluding hydrogens is 448 g/mol. The SMILES string of the molecule is Cc1[nH]c(=O)[nH]c1C(=O)CCCCC(=O)N(C)C[C@@]1(O)CCCN(c2ccnc3ccncc23)C1. The van der Waals surface area contributed by atoms with Gasteiger partial charge in [-0.1, -0.05) is 0 Å². The molecule has 3 aromatic rings. The van der Waals surface area contributed by atoms with Crippen molar-refractivity contribution in [2.75, 3.05) is 31.6 Å². The van der Waals surface area contributed by atoms with Gasteiger partial charge in [0.25, 0.3) is 0 Å². The molecule has 0 saturated carbocycles. The first-order valence-corrected chi connectivity index (χ1v) is 12.0. The number of aromatic amines is 2. The zero-order valence-corrected chi connectivity index (χ0v) is 20.2. The minimum atomic E-state index is -1.02. The fourth-order valence-corrected chi connectivity index (χ4v) is 4.86. The van der Waals surface area contributed by atoms with Crippen LogP contribution in [0.1, 0.15) is 54.7 Å². The topological polar surface area (TPSA) is 135 Å². The number of piperidine rings is 1. The Morgan fingerprint density at radius 3 is 2.77 bits per heavy atom. The number of unbranched alkanes of at least 4 members (excludes halogenated alkanes) is 1. The van der Waals surface area contributed by atoms with E-state index in [0.29, 0.717) is 43.6 Å². The number of likely N-dealkylation sites (N-methyl/N-ethyl adjacent to an activating group) is 1. The van der Waals surface area contributed by atoms with Crippen LogP contribution in [0.5, 0.6) is 0 Å². The number of Topliss-reactive ketones (excluding diaryl/α,β-unsaturated/α-hetero) is 1. The Labute approximate surface area is 203 Å². The van der Waals surface area contributed by atoms with Gasteiger partial charge in [-0.25, -0.2) is 4.79 Å². The van der Waals surface area contributed by atoms with Crippen LogP contribution >= 0.6 is 0 Å². The van der Waals surface area contributed by atoms with Gasteiger partial charge in [-0.3, -0.25) is 19.6 Å². The number of aryl methyl sites for hydroxylation is 1. The maximum Gasteiger partial charge on any atom is 0.323 e. The van der Waals surface area contributed by atoms with Gasteiger partial charge in [0.2, 0.25) is 5.91 Å². The molecular formula is C25H32N6O4. The number of pyridine rings is 2. The lowest BCUT2D eigenvalue weighted by Gasteiger charge is -2.42. The first-order valence-electron chi connectivity index (χ1n) is 12.0. The van der Waals surface area contributed by atoms with Gasteiger partial charge in [0.1, 0.15) is 5.69 Å². The Bertz CT molecular complexity index is 1260. The zero-order valence-electron chi connectivity index (χ0n) is 20.2. The van der Waals surface area contributed by atoms with E-state index in [1.807, 2.05) is 12.1 Å². The van der Waals surface area contributed by atoms with Gasteiger partial charge >= 0.3 is 5.69 Å². The average molecular weight is 481 g/mol. The number of hydrogen-bond acceptors (Lipinski definition) is 7. The molecule has 1 aliphatic heterocycles. The van der Waals surface area contributed by atoms with Crippen LogP contribution in [-0.2, 0) is 4.79 Å². The molecule has 0 unspecified atom stereocenters. The van der Waals surface area contributed by atoms with Crippen molar-refractivity contribution in [3.8, 4) is 0 Å². The van der Waals surface area contributed by atoms with Gasteiger partial charge in [-0.05, 0) is 44.7 Å². The van der Waals surface area contributed by atoms with Gasteiger partial charge in [0, 0.05) is 68.3 Å². The first kappa shape index (κ1) is 24.6. The van der Waals surface area contributed by atoms with Crippen LogP contribution in [0.2, 0.25) is 0 Å². The number of fused-ring (bicyclic) bond motifs is 1. The lowest BCUT2D eigenvalue weighted by Crippen LogP contribution is -2.54. The number of ketones is 1. The summed E-state index contributed by atoms with van der Waals surface area (Å²) >= 11 is 0. The Morgan fingerprint density at radius 2 is 2.00 bits per heavy atom. The molecule has 10 heteroatoms. The van der Waals surface area contributed by atoms with E-state index in [2.05, 4.69) is 24.8 Å². The molecule has 4 rings (SSSR count). The average Bonchev–Trinajstić information content (AvgIpc) is 3.18. The molecule has 4 heterocycles. The van der Waals surface area contributed by atoms with E-state index < -0.39 is 11.3 Å². The Hall–Kier alpha value is -3.53. The number of aliphatic hydroxyl groups is 1. The number of aromatic nitrogens is 4. The smallest absolute Gasteiger partial charge is 0.323 e. The molecule has 1 saturated heterocycles. The van der Waals surface area contributed by atoms with E-state index in [-0.39, 0.29) is 24.7 Å². The number of rotatable bonds is 9. The third-order valence-corrected chi connectivity index (χ3v) is 6.61. The second-order valence-electron chi connectivity index (χ2n) is 9.43. The molecule has 0 spiro atoms. The molecule has 35 heavy (non-hydrogen) atoms. The summed E-state index contributed by atoms with van der Waals surface area (Å²) in [5, 5.41) is 12.3. The summed E-state index contributed by atoms with van der Waals surface area (Å²) in [7, 11) is 1.71. The third kappa shape index (κ3) is 5.76. The molecule has 0 radical (unpaired) electrons. The predicted octanol–water partition coefficient (Wildman–Crippen LogP) is 2.19. The van der Waals surface area contributed by atoms with Crippen molar-refractivity contribution in [1.29, 1.82) is 0 Å². The van der Waals surface area contributed by atoms with E-state index in [1.165, 1.54) is 0 Å². The van der Waals surface area contributed by atoms with Gasteiger partial charge < -0.3 is 24.9 Å². The van der Waals surface area contributed by atoms with E-state index in [4.69, 9.17) is 0 Å². The largest absolute Gasteiger partial charge is 0.386 e. The second-order valence-corrected chi connectivity index (χ2v) is 9.43. The summed E-state index contributed by atoms with van der Waals surface area (Å²) in [6.07, 6.45) is 8.36. The van der Waals surface area contributed by atoms with Crippen molar-refractivity contribution in [2.24, 2.45) is 0 Å². The normalized spacial score (nSPS) is 18.1. The lowest BCUT2D eigenvalue weighted by molar-refractivity contribution is -0.133. The van der Waals surface area contributed by atoms with Crippen molar-refractivity contribution in [3.05, 3.63) is 52.6 Å². The maximum atomic E-state index is 12.7. The fraction of sp³-hybridized carbons (Fsp3) is 0.480. The molecule has 1 fully saturated rings. The minimum Gasteiger partial charge on any atom is -0.386 e. The highest BCUT2D eigenvalue weighted by molar-refractivity contribution is 5.95. The number of amides is 1. The van der Waals surface area contributed by atoms with E-state index >= 15 is 0 Å². The number of imidazole rings is 1. The highest BCUT2D eigenvalue weighted by atomic mass is 16.3. The van der Waals surface area contributed by atoms with Gasteiger partial charge in [-0.15, -0.1) is 0 Å². The van der Waals surface area contributed by atoms with Crippen LogP contribution in [0, 0.1) is 6.92 Å². The van der Waals surface area contributed by atoms with Gasteiger partial charge in [0.05, 0.1) is 17.7 Å². The van der Waals surface area contributed by atoms with Gasteiger partial charge in [0.15, 0.2) is 5.78 Å². The number of hydrogen-bond donors (Lipinski definition) is 3. The fourth-order valence-electron chi connectivity index (χ4n) is 4.86. The molecule has 186 valence electrons. The number of nitrogens with one attached hydrogen (secondary N) is 2. The molecule has 0 aliphatic carbocycles. The Morgan fingerprint density at radius 1 is 1.20 bits per heavy atom. The number of β-amino-alcohol motifs (C(OH)–C–C–N with tert-alkyl or cyclic N) is 1. The summed E-state index contributed by atoms with van der Waals surface area (Å²) < 4.78 is 0. The summed E-state index contributed by atoms with van der Waals surface area (Å²) in [6.45, 7) is 3.15. The predicted molar refractivity (Wildman–Crippen MR) is 133 cm³/mol. The van der Waals surface area contributed by atoms with E-state index in [9.17, 15) is 19.5 Å². The lowest BCUT2D eigenvalue weighted by atomic mass is 9.91. The van der Waals surface area contributed by atoms with Crippen LogP contribution in [0.25, 0.3) is 10.9 Å². The Kier molecular flexibility index (Phi) is 7.30. The standard InChI is InChI=1S/C25H32N6O4/c1-17-23(29-24(34)28-17)21(32)6-3-4-7-22(33)30(2)15-25(35)10-5-13-31(16-25)20-9-12-27-19-8-11-26-14-18(19)20/h8-9,11-12,14,35H,3-7,10,13,15-16H2,1-2H3,(H2,28,29,34)/t25-/m0/s1. The third-order valence-electron chi connectivity index (χ3n) is 6.61. The number of carbonyl (C=O) groups is 2. The number of carbonyl (C=O) groups excluding carboxylic acids is 2. The monoisotopic (exact) mass is 480 g/mol. The molecule has 3 aromatic heterocycles. The highest BCUT2D eigenvalue weighted by Gasteiger charge is 2.36. The minimum absolute atomic E-state index is 0.0622.